The lowest BCUT2D eigenvalue weighted by molar-refractivity contribution is 0.0468. The fraction of sp³-hybridized carbons (Fsp3) is 1.00. The van der Waals surface area contributed by atoms with Crippen molar-refractivity contribution in [2.24, 2.45) is 5.11 Å². The second-order valence-electron chi connectivity index (χ2n) is 4.56. The zero-order chi connectivity index (χ0) is 14.0. The third kappa shape index (κ3) is 4.59. The van der Waals surface area contributed by atoms with Gasteiger partial charge >= 0.3 is 0 Å². The van der Waals surface area contributed by atoms with Gasteiger partial charge in [0.25, 0.3) is 10.1 Å². The van der Waals surface area contributed by atoms with Gasteiger partial charge < -0.3 is 9.30 Å². The second-order valence-corrected chi connectivity index (χ2v) is 9.65. The van der Waals surface area contributed by atoms with Crippen molar-refractivity contribution in [3.63, 3.8) is 0 Å². The van der Waals surface area contributed by atoms with Crippen molar-refractivity contribution in [2.45, 2.75) is 24.4 Å². The molecule has 1 aliphatic heterocycles. The van der Waals surface area contributed by atoms with Crippen LogP contribution in [0.15, 0.2) is 5.11 Å². The SMILES string of the molecule is CP(C)(=O)[C@H]1C[C@@H](N=[N+]=[N-])[C@@H](COS(C)(=O)=O)O1. The summed E-state index contributed by atoms with van der Waals surface area (Å²) in [5, 5.41) is 3.53. The van der Waals surface area contributed by atoms with E-state index < -0.39 is 35.3 Å². The standard InChI is InChI=1S/C8H16N3O5PS/c1-17(2,12)8-4-6(10-11-9)7(16-8)5-15-18(3,13)14/h6-8H,4-5H2,1-3H3/t6-,7-,8+/m1/s1. The molecule has 1 heterocycles. The molecule has 18 heavy (non-hydrogen) atoms. The van der Waals surface area contributed by atoms with E-state index in [0.29, 0.717) is 6.42 Å². The zero-order valence-electron chi connectivity index (χ0n) is 10.4. The van der Waals surface area contributed by atoms with Crippen molar-refractivity contribution in [1.82, 2.24) is 0 Å². The summed E-state index contributed by atoms with van der Waals surface area (Å²) >= 11 is 0. The number of hydrogen-bond donors (Lipinski definition) is 0. The molecule has 0 aromatic carbocycles. The molecule has 0 radical (unpaired) electrons. The van der Waals surface area contributed by atoms with Crippen molar-refractivity contribution in [1.29, 1.82) is 0 Å². The van der Waals surface area contributed by atoms with Gasteiger partial charge in [-0.3, -0.25) is 4.18 Å². The average Bonchev–Trinajstić information content (AvgIpc) is 2.57. The smallest absolute Gasteiger partial charge is 0.264 e. The van der Waals surface area contributed by atoms with Crippen LogP contribution in [-0.4, -0.2) is 52.6 Å². The van der Waals surface area contributed by atoms with Crippen molar-refractivity contribution < 1.29 is 21.9 Å². The molecule has 104 valence electrons. The highest BCUT2D eigenvalue weighted by Crippen LogP contribution is 2.49. The molecule has 0 N–H and O–H groups in total. The molecule has 1 rings (SSSR count). The summed E-state index contributed by atoms with van der Waals surface area (Å²) < 4.78 is 43.8. The van der Waals surface area contributed by atoms with Gasteiger partial charge in [-0.25, -0.2) is 0 Å². The Morgan fingerprint density at radius 3 is 2.61 bits per heavy atom. The lowest BCUT2D eigenvalue weighted by Crippen LogP contribution is -2.26. The lowest BCUT2D eigenvalue weighted by atomic mass is 10.2. The number of ether oxygens (including phenoxy) is 1. The van der Waals surface area contributed by atoms with Crippen LogP contribution in [0.4, 0.5) is 0 Å². The molecule has 0 unspecified atom stereocenters. The number of azide groups is 1. The molecule has 10 heteroatoms. The van der Waals surface area contributed by atoms with Gasteiger partial charge in [-0.1, -0.05) is 5.11 Å². The number of hydrogen-bond acceptors (Lipinski definition) is 6. The van der Waals surface area contributed by atoms with Crippen molar-refractivity contribution in [2.75, 3.05) is 26.2 Å². The van der Waals surface area contributed by atoms with Crippen molar-refractivity contribution >= 4 is 17.3 Å². The summed E-state index contributed by atoms with van der Waals surface area (Å²) in [7, 11) is -6.07. The van der Waals surface area contributed by atoms with Gasteiger partial charge in [-0.15, -0.1) is 0 Å². The largest absolute Gasteiger partial charge is 0.364 e. The third-order valence-corrected chi connectivity index (χ3v) is 4.83. The summed E-state index contributed by atoms with van der Waals surface area (Å²) in [5.41, 5.74) is 8.44. The van der Waals surface area contributed by atoms with Gasteiger partial charge in [0, 0.05) is 4.91 Å². The molecular weight excluding hydrogens is 281 g/mol. The Balaban J connectivity index is 2.76. The topological polar surface area (TPSA) is 118 Å². The predicted molar refractivity (Wildman–Crippen MR) is 66.5 cm³/mol. The monoisotopic (exact) mass is 297 g/mol. The van der Waals surface area contributed by atoms with Crippen LogP contribution in [0.1, 0.15) is 6.42 Å². The van der Waals surface area contributed by atoms with Gasteiger partial charge in [-0.2, -0.15) is 8.42 Å². The van der Waals surface area contributed by atoms with E-state index in [4.69, 9.17) is 10.3 Å². The van der Waals surface area contributed by atoms with Gasteiger partial charge in [-0.05, 0) is 25.3 Å². The van der Waals surface area contributed by atoms with Gasteiger partial charge in [0.1, 0.15) is 13.0 Å². The number of nitrogens with zero attached hydrogens (tertiary/aromatic N) is 3. The second kappa shape index (κ2) is 5.59. The molecule has 3 atom stereocenters. The van der Waals surface area contributed by atoms with Crippen LogP contribution in [-0.2, 0) is 23.6 Å². The van der Waals surface area contributed by atoms with E-state index in [2.05, 4.69) is 14.2 Å². The first-order valence-electron chi connectivity index (χ1n) is 5.22. The van der Waals surface area contributed by atoms with Crippen LogP contribution in [0.5, 0.6) is 0 Å². The van der Waals surface area contributed by atoms with E-state index >= 15 is 0 Å². The molecule has 0 aliphatic carbocycles. The highest BCUT2D eigenvalue weighted by molar-refractivity contribution is 7.85. The summed E-state index contributed by atoms with van der Waals surface area (Å²) in [4.78, 5) is 2.68. The summed E-state index contributed by atoms with van der Waals surface area (Å²) in [6.07, 6.45) is 0.549. The molecule has 0 aromatic heterocycles. The maximum atomic E-state index is 11.9. The van der Waals surface area contributed by atoms with E-state index in [9.17, 15) is 13.0 Å². The molecule has 0 spiro atoms. The van der Waals surface area contributed by atoms with Crippen LogP contribution in [0, 0.1) is 0 Å². The normalized spacial score (nSPS) is 28.9. The van der Waals surface area contributed by atoms with Gasteiger partial charge in [0.05, 0.1) is 25.0 Å². The molecule has 1 fully saturated rings. The molecule has 0 bridgehead atoms. The minimum Gasteiger partial charge on any atom is -0.364 e. The van der Waals surface area contributed by atoms with Crippen molar-refractivity contribution in [3.05, 3.63) is 10.4 Å². The van der Waals surface area contributed by atoms with E-state index in [1.165, 1.54) is 0 Å². The predicted octanol–water partition coefficient (Wildman–Crippen LogP) is 1.38. The first-order chi connectivity index (χ1) is 8.13. The van der Waals surface area contributed by atoms with E-state index in [1.807, 2.05) is 0 Å². The maximum Gasteiger partial charge on any atom is 0.264 e. The molecule has 8 nitrogen and oxygen atoms in total. The minimum atomic E-state index is -3.59. The Bertz CT molecular complexity index is 495. The Morgan fingerprint density at radius 2 is 2.17 bits per heavy atom. The molecule has 0 saturated carbocycles. The fourth-order valence-electron chi connectivity index (χ4n) is 1.64. The maximum absolute atomic E-state index is 11.9. The Hall–Kier alpha value is -0.590. The highest BCUT2D eigenvalue weighted by Gasteiger charge is 2.40. The molecule has 0 aromatic rings. The summed E-state index contributed by atoms with van der Waals surface area (Å²) in [6.45, 7) is 2.91. The molecule has 1 aliphatic rings. The Kier molecular flexibility index (Phi) is 4.80. The third-order valence-electron chi connectivity index (χ3n) is 2.54. The average molecular weight is 297 g/mol. The first kappa shape index (κ1) is 15.5. The van der Waals surface area contributed by atoms with Crippen molar-refractivity contribution in [3.8, 4) is 0 Å². The number of rotatable bonds is 5. The van der Waals surface area contributed by atoms with Crippen LogP contribution in [0.25, 0.3) is 10.4 Å². The van der Waals surface area contributed by atoms with Crippen LogP contribution in [0.3, 0.4) is 0 Å². The Morgan fingerprint density at radius 1 is 1.56 bits per heavy atom. The van der Waals surface area contributed by atoms with E-state index in [-0.39, 0.29) is 6.61 Å². The zero-order valence-corrected chi connectivity index (χ0v) is 12.1. The fourth-order valence-corrected chi connectivity index (χ4v) is 3.19. The minimum absolute atomic E-state index is 0.237. The summed E-state index contributed by atoms with van der Waals surface area (Å²) in [5.74, 6) is -0.527. The van der Waals surface area contributed by atoms with Gasteiger partial charge in [0.2, 0.25) is 0 Å². The van der Waals surface area contributed by atoms with E-state index in [0.717, 1.165) is 6.26 Å². The lowest BCUT2D eigenvalue weighted by Gasteiger charge is -2.17. The van der Waals surface area contributed by atoms with Crippen LogP contribution >= 0.6 is 7.14 Å². The molecular formula is C8H16N3O5PS. The quantitative estimate of drug-likeness (QED) is 0.250. The molecule has 1 saturated heterocycles. The van der Waals surface area contributed by atoms with Crippen LogP contribution in [0.2, 0.25) is 0 Å². The van der Waals surface area contributed by atoms with Gasteiger partial charge in [0.15, 0.2) is 0 Å². The Labute approximate surface area is 106 Å². The van der Waals surface area contributed by atoms with Crippen LogP contribution < -0.4 is 0 Å². The van der Waals surface area contributed by atoms with E-state index in [1.54, 1.807) is 13.3 Å². The summed E-state index contributed by atoms with van der Waals surface area (Å²) in [6, 6.07) is -0.560. The first-order valence-corrected chi connectivity index (χ1v) is 9.71. The molecule has 0 amide bonds. The highest BCUT2D eigenvalue weighted by atomic mass is 32.2.